The van der Waals surface area contributed by atoms with Gasteiger partial charge in [-0.15, -0.1) is 0 Å². The van der Waals surface area contributed by atoms with Gasteiger partial charge in [0.15, 0.2) is 0 Å². The molecule has 232 valence electrons. The van der Waals surface area contributed by atoms with E-state index in [2.05, 4.69) is 10.2 Å². The van der Waals surface area contributed by atoms with Crippen LogP contribution in [0.2, 0.25) is 10.0 Å². The maximum Gasteiger partial charge on any atom is 0.323 e. The average Bonchev–Trinajstić information content (AvgIpc) is 2.98. The molecular formula is C33H35Cl2FN4O4. The van der Waals surface area contributed by atoms with Crippen molar-refractivity contribution in [2.75, 3.05) is 46.2 Å². The third-order valence-electron chi connectivity index (χ3n) is 8.21. The molecule has 2 aliphatic rings. The number of rotatable bonds is 7. The lowest BCUT2D eigenvalue weighted by molar-refractivity contribution is -0.113. The third-order valence-corrected chi connectivity index (χ3v) is 9.03. The molecule has 8 nitrogen and oxygen atoms in total. The lowest BCUT2D eigenvalue weighted by Gasteiger charge is -2.36. The molecule has 2 aliphatic heterocycles. The zero-order chi connectivity index (χ0) is 31.8. The fourth-order valence-electron chi connectivity index (χ4n) is 5.57. The molecule has 0 aromatic heterocycles. The Bertz CT molecular complexity index is 1630. The van der Waals surface area contributed by atoms with E-state index in [1.807, 2.05) is 19.1 Å². The van der Waals surface area contributed by atoms with Crippen molar-refractivity contribution in [1.82, 2.24) is 14.7 Å². The second-order valence-electron chi connectivity index (χ2n) is 11.6. The Labute approximate surface area is 266 Å². The molecule has 11 heteroatoms. The van der Waals surface area contributed by atoms with Crippen molar-refractivity contribution >= 4 is 40.8 Å². The molecule has 0 atom stereocenters. The SMILES string of the molecule is COc1cc(-c2cccc(-c3cccc(NC(=O)C4=CN(C)C(=O)N(C)C4)c3Cl)c2Cl)cc(F)c1CN1CCC(C)(O)CC1. The summed E-state index contributed by atoms with van der Waals surface area (Å²) >= 11 is 13.8. The van der Waals surface area contributed by atoms with Gasteiger partial charge in [-0.25, -0.2) is 9.18 Å². The lowest BCUT2D eigenvalue weighted by atomic mass is 9.93. The molecule has 0 bridgehead atoms. The molecule has 44 heavy (non-hydrogen) atoms. The molecule has 1 fully saturated rings. The first-order valence-electron chi connectivity index (χ1n) is 14.3. The van der Waals surface area contributed by atoms with Crippen LogP contribution in [0.1, 0.15) is 25.3 Å². The van der Waals surface area contributed by atoms with Gasteiger partial charge in [0.2, 0.25) is 0 Å². The number of hydrogen-bond acceptors (Lipinski definition) is 5. The zero-order valence-corrected chi connectivity index (χ0v) is 26.6. The number of aliphatic hydroxyl groups is 1. The van der Waals surface area contributed by atoms with E-state index in [1.54, 1.807) is 44.4 Å². The quantitative estimate of drug-likeness (QED) is 0.302. The van der Waals surface area contributed by atoms with Crippen molar-refractivity contribution in [2.24, 2.45) is 0 Å². The summed E-state index contributed by atoms with van der Waals surface area (Å²) in [5, 5.41) is 13.8. The Morgan fingerprint density at radius 2 is 1.68 bits per heavy atom. The second kappa shape index (κ2) is 12.8. The maximum atomic E-state index is 15.6. The Kier molecular flexibility index (Phi) is 9.23. The Hall–Kier alpha value is -3.63. The number of hydrogen-bond donors (Lipinski definition) is 2. The monoisotopic (exact) mass is 640 g/mol. The summed E-state index contributed by atoms with van der Waals surface area (Å²) in [5.74, 6) is -0.375. The van der Waals surface area contributed by atoms with Gasteiger partial charge in [-0.3, -0.25) is 9.69 Å². The summed E-state index contributed by atoms with van der Waals surface area (Å²) in [4.78, 5) is 30.0. The molecule has 0 unspecified atom stereocenters. The van der Waals surface area contributed by atoms with E-state index in [0.717, 1.165) is 0 Å². The van der Waals surface area contributed by atoms with Crippen LogP contribution in [0.5, 0.6) is 5.75 Å². The number of nitrogens with one attached hydrogen (secondary N) is 1. The fraction of sp³-hybridized carbons (Fsp3) is 0.333. The molecule has 2 N–H and O–H groups in total. The first-order chi connectivity index (χ1) is 20.9. The summed E-state index contributed by atoms with van der Waals surface area (Å²) in [6, 6.07) is 13.7. The number of urea groups is 1. The number of carbonyl (C=O) groups excluding carboxylic acids is 2. The number of halogens is 3. The highest BCUT2D eigenvalue weighted by Crippen LogP contribution is 2.43. The van der Waals surface area contributed by atoms with Gasteiger partial charge >= 0.3 is 6.03 Å². The van der Waals surface area contributed by atoms with Crippen LogP contribution in [0.3, 0.4) is 0 Å². The molecule has 0 radical (unpaired) electrons. The van der Waals surface area contributed by atoms with Crippen LogP contribution in [-0.4, -0.2) is 78.2 Å². The minimum Gasteiger partial charge on any atom is -0.496 e. The summed E-state index contributed by atoms with van der Waals surface area (Å²) in [6.07, 6.45) is 2.75. The fourth-order valence-corrected chi connectivity index (χ4v) is 6.19. The third kappa shape index (κ3) is 6.56. The first kappa shape index (κ1) is 31.8. The van der Waals surface area contributed by atoms with Crippen LogP contribution < -0.4 is 10.1 Å². The minimum absolute atomic E-state index is 0.166. The Balaban J connectivity index is 1.42. The summed E-state index contributed by atoms with van der Waals surface area (Å²) in [6.45, 7) is 3.69. The van der Waals surface area contributed by atoms with Crippen molar-refractivity contribution < 1.29 is 23.8 Å². The van der Waals surface area contributed by atoms with Crippen molar-refractivity contribution in [3.05, 3.63) is 81.7 Å². The summed E-state index contributed by atoms with van der Waals surface area (Å²) < 4.78 is 21.2. The number of carbonyl (C=O) groups is 2. The lowest BCUT2D eigenvalue weighted by Crippen LogP contribution is -2.43. The van der Waals surface area contributed by atoms with Crippen molar-refractivity contribution in [3.8, 4) is 28.0 Å². The molecule has 3 amide bonds. The molecule has 5 rings (SSSR count). The topological polar surface area (TPSA) is 85.4 Å². The molecule has 0 spiro atoms. The van der Waals surface area contributed by atoms with Gasteiger partial charge in [0.1, 0.15) is 11.6 Å². The van der Waals surface area contributed by atoms with E-state index in [4.69, 9.17) is 27.9 Å². The predicted molar refractivity (Wildman–Crippen MR) is 171 cm³/mol. The molecule has 2 heterocycles. The first-order valence-corrected chi connectivity index (χ1v) is 15.0. The van der Waals surface area contributed by atoms with Crippen LogP contribution in [0.4, 0.5) is 14.9 Å². The van der Waals surface area contributed by atoms with Crippen molar-refractivity contribution in [2.45, 2.75) is 31.9 Å². The van der Waals surface area contributed by atoms with Crippen LogP contribution >= 0.6 is 23.2 Å². The highest BCUT2D eigenvalue weighted by atomic mass is 35.5. The number of methoxy groups -OCH3 is 1. The Morgan fingerprint density at radius 3 is 2.34 bits per heavy atom. The molecule has 3 aromatic rings. The van der Waals surface area contributed by atoms with Crippen LogP contribution in [-0.2, 0) is 11.3 Å². The predicted octanol–water partition coefficient (Wildman–Crippen LogP) is 6.64. The van der Waals surface area contributed by atoms with E-state index >= 15 is 4.39 Å². The largest absolute Gasteiger partial charge is 0.496 e. The van der Waals surface area contributed by atoms with Gasteiger partial charge in [-0.1, -0.05) is 53.5 Å². The Morgan fingerprint density at radius 1 is 1.05 bits per heavy atom. The van der Waals surface area contributed by atoms with Gasteiger partial charge in [-0.05, 0) is 43.5 Å². The zero-order valence-electron chi connectivity index (χ0n) is 25.1. The number of nitrogens with zero attached hydrogens (tertiary/aromatic N) is 3. The van der Waals surface area contributed by atoms with Crippen LogP contribution in [0, 0.1) is 5.82 Å². The van der Waals surface area contributed by atoms with Gasteiger partial charge in [-0.2, -0.15) is 0 Å². The number of amides is 3. The van der Waals surface area contributed by atoms with Gasteiger partial charge in [0.25, 0.3) is 5.91 Å². The number of benzene rings is 3. The highest BCUT2D eigenvalue weighted by Gasteiger charge is 2.29. The standard InChI is InChI=1S/C33H35Cl2FN4O4/c1-33(43)11-13-40(14-12-33)19-25-26(36)15-20(16-28(25)44-4)22-7-5-8-23(29(22)34)24-9-6-10-27(30(24)35)37-31(41)21-17-38(2)32(42)39(3)18-21/h5-10,15-17,43H,11-14,18-19H2,1-4H3,(H,37,41). The number of likely N-dealkylation sites (tertiary alicyclic amines) is 1. The molecular weight excluding hydrogens is 606 g/mol. The van der Waals surface area contributed by atoms with E-state index in [-0.39, 0.29) is 23.5 Å². The van der Waals surface area contributed by atoms with E-state index < -0.39 is 11.4 Å². The molecule has 1 saturated heterocycles. The maximum absolute atomic E-state index is 15.6. The van der Waals surface area contributed by atoms with E-state index in [0.29, 0.717) is 82.3 Å². The highest BCUT2D eigenvalue weighted by molar-refractivity contribution is 6.39. The minimum atomic E-state index is -0.693. The van der Waals surface area contributed by atoms with Crippen molar-refractivity contribution in [1.29, 1.82) is 0 Å². The second-order valence-corrected chi connectivity index (χ2v) is 12.4. The number of piperidine rings is 1. The van der Waals surface area contributed by atoms with Gasteiger partial charge < -0.3 is 25.0 Å². The van der Waals surface area contributed by atoms with Crippen molar-refractivity contribution in [3.63, 3.8) is 0 Å². The van der Waals surface area contributed by atoms with Gasteiger partial charge in [0.05, 0.1) is 40.6 Å². The van der Waals surface area contributed by atoms with Crippen LogP contribution in [0.15, 0.2) is 60.3 Å². The number of anilines is 1. The number of ether oxygens (including phenoxy) is 1. The van der Waals surface area contributed by atoms with Gasteiger partial charge in [0, 0.05) is 62.2 Å². The summed E-state index contributed by atoms with van der Waals surface area (Å²) in [5.41, 5.74) is 2.88. The molecule has 0 aliphatic carbocycles. The molecule has 0 saturated carbocycles. The van der Waals surface area contributed by atoms with E-state index in [9.17, 15) is 14.7 Å². The van der Waals surface area contributed by atoms with E-state index in [1.165, 1.54) is 29.2 Å². The molecule has 3 aromatic carbocycles. The smallest absolute Gasteiger partial charge is 0.323 e. The summed E-state index contributed by atoms with van der Waals surface area (Å²) in [7, 11) is 4.72. The normalized spacial score (nSPS) is 17.0. The number of likely N-dealkylation sites (N-methyl/N-ethyl adjacent to an activating group) is 1. The van der Waals surface area contributed by atoms with Crippen LogP contribution in [0.25, 0.3) is 22.3 Å². The average molecular weight is 642 g/mol.